The number of rotatable bonds is 1. The van der Waals surface area contributed by atoms with E-state index in [1.54, 1.807) is 0 Å². The average molecular weight is 253 g/mol. The van der Waals surface area contributed by atoms with Gasteiger partial charge in [0.2, 0.25) is 0 Å². The Kier molecular flexibility index (Phi) is 4.09. The summed E-state index contributed by atoms with van der Waals surface area (Å²) < 4.78 is 5.18. The molecule has 0 radical (unpaired) electrons. The quantitative estimate of drug-likeness (QED) is 0.744. The lowest BCUT2D eigenvalue weighted by Gasteiger charge is -2.20. The van der Waals surface area contributed by atoms with Crippen molar-refractivity contribution < 1.29 is 9.53 Å². The molecule has 1 aromatic rings. The molecule has 0 aromatic heterocycles. The maximum atomic E-state index is 11.6. The molecule has 0 fully saturated rings. The molecule has 0 unspecified atom stereocenters. The first-order valence-corrected chi connectivity index (χ1v) is 5.94. The highest BCUT2D eigenvalue weighted by molar-refractivity contribution is 7.80. The lowest BCUT2D eigenvalue weighted by atomic mass is 10.1. The monoisotopic (exact) mass is 253 g/mol. The molecule has 0 saturated heterocycles. The zero-order chi connectivity index (χ0) is 13.2. The summed E-state index contributed by atoms with van der Waals surface area (Å²) in [6.45, 7) is 9.48. The number of carbonyl (C=O) groups excluding carboxylic acids is 1. The average Bonchev–Trinajstić information content (AvgIpc) is 2.11. The Balaban J connectivity index is 2.82. The molecular formula is C13H19NO2S. The smallest absolute Gasteiger partial charge is 0.412 e. The third-order valence-electron chi connectivity index (χ3n) is 2.25. The molecule has 1 amide bonds. The second-order valence-electron chi connectivity index (χ2n) is 5.08. The Labute approximate surface area is 108 Å². The number of carbonyl (C=O) groups is 1. The summed E-state index contributed by atoms with van der Waals surface area (Å²) in [6, 6.07) is 3.81. The molecule has 17 heavy (non-hydrogen) atoms. The van der Waals surface area contributed by atoms with Crippen molar-refractivity contribution in [2.75, 3.05) is 5.32 Å². The van der Waals surface area contributed by atoms with Gasteiger partial charge in [-0.25, -0.2) is 4.79 Å². The topological polar surface area (TPSA) is 38.3 Å². The molecule has 0 bridgehead atoms. The van der Waals surface area contributed by atoms with Gasteiger partial charge >= 0.3 is 6.09 Å². The van der Waals surface area contributed by atoms with Gasteiger partial charge < -0.3 is 4.74 Å². The fraction of sp³-hybridized carbons (Fsp3) is 0.462. The van der Waals surface area contributed by atoms with E-state index in [-0.39, 0.29) is 0 Å². The van der Waals surface area contributed by atoms with Crippen LogP contribution in [0.4, 0.5) is 10.5 Å². The maximum Gasteiger partial charge on any atom is 0.412 e. The highest BCUT2D eigenvalue weighted by atomic mass is 32.1. The second kappa shape index (κ2) is 5.00. The Morgan fingerprint density at radius 1 is 1.24 bits per heavy atom. The molecule has 4 heteroatoms. The Morgan fingerprint density at radius 3 is 2.29 bits per heavy atom. The molecule has 94 valence electrons. The molecular weight excluding hydrogens is 234 g/mol. The van der Waals surface area contributed by atoms with E-state index in [4.69, 9.17) is 4.74 Å². The second-order valence-corrected chi connectivity index (χ2v) is 5.56. The zero-order valence-electron chi connectivity index (χ0n) is 10.9. The Hall–Kier alpha value is -1.16. The number of amides is 1. The summed E-state index contributed by atoms with van der Waals surface area (Å²) in [5, 5.41) is 2.70. The van der Waals surface area contributed by atoms with Crippen LogP contribution in [0, 0.1) is 13.8 Å². The third-order valence-corrected chi connectivity index (χ3v) is 2.62. The van der Waals surface area contributed by atoms with Gasteiger partial charge in [-0.15, -0.1) is 12.6 Å². The van der Waals surface area contributed by atoms with Crippen LogP contribution in [0.2, 0.25) is 0 Å². The van der Waals surface area contributed by atoms with Crippen LogP contribution in [-0.4, -0.2) is 11.7 Å². The van der Waals surface area contributed by atoms with Gasteiger partial charge in [-0.1, -0.05) is 0 Å². The third kappa shape index (κ3) is 4.30. The van der Waals surface area contributed by atoms with Crippen LogP contribution in [-0.2, 0) is 4.74 Å². The van der Waals surface area contributed by atoms with Gasteiger partial charge in [0, 0.05) is 4.90 Å². The molecule has 0 heterocycles. The van der Waals surface area contributed by atoms with Crippen molar-refractivity contribution in [2.24, 2.45) is 0 Å². The Bertz CT molecular complexity index is 436. The van der Waals surface area contributed by atoms with Crippen molar-refractivity contribution in [2.45, 2.75) is 45.1 Å². The van der Waals surface area contributed by atoms with Crippen molar-refractivity contribution in [3.05, 3.63) is 23.3 Å². The number of aryl methyl sites for hydroxylation is 2. The first-order valence-electron chi connectivity index (χ1n) is 5.49. The first kappa shape index (κ1) is 13.9. The number of nitrogens with one attached hydrogen (secondary N) is 1. The highest BCUT2D eigenvalue weighted by Crippen LogP contribution is 2.24. The minimum Gasteiger partial charge on any atom is -0.444 e. The molecule has 0 aliphatic heterocycles. The molecule has 1 rings (SSSR count). The predicted octanol–water partition coefficient (Wildman–Crippen LogP) is 3.94. The summed E-state index contributed by atoms with van der Waals surface area (Å²) in [7, 11) is 0. The van der Waals surface area contributed by atoms with Crippen LogP contribution in [0.3, 0.4) is 0 Å². The molecule has 0 spiro atoms. The summed E-state index contributed by atoms with van der Waals surface area (Å²) in [5.74, 6) is 0. The standard InChI is InChI=1S/C13H19NO2S/c1-8-6-10(11(17)7-9(8)2)14-12(15)16-13(3,4)5/h6-7,17H,1-5H3,(H,14,15). The molecule has 3 nitrogen and oxygen atoms in total. The largest absolute Gasteiger partial charge is 0.444 e. The van der Waals surface area contributed by atoms with Crippen LogP contribution in [0.1, 0.15) is 31.9 Å². The van der Waals surface area contributed by atoms with E-state index < -0.39 is 11.7 Å². The van der Waals surface area contributed by atoms with Crippen LogP contribution in [0.5, 0.6) is 0 Å². The van der Waals surface area contributed by atoms with E-state index in [1.165, 1.54) is 0 Å². The molecule has 0 atom stereocenters. The van der Waals surface area contributed by atoms with E-state index >= 15 is 0 Å². The Morgan fingerprint density at radius 2 is 1.76 bits per heavy atom. The van der Waals surface area contributed by atoms with Crippen molar-refractivity contribution in [1.29, 1.82) is 0 Å². The zero-order valence-corrected chi connectivity index (χ0v) is 11.8. The number of benzene rings is 1. The molecule has 0 aliphatic rings. The summed E-state index contributed by atoms with van der Waals surface area (Å²) in [5.41, 5.74) is 2.42. The van der Waals surface area contributed by atoms with Gasteiger partial charge in [0.1, 0.15) is 5.60 Å². The van der Waals surface area contributed by atoms with Crippen molar-refractivity contribution in [1.82, 2.24) is 0 Å². The minimum absolute atomic E-state index is 0.462. The number of hydrogen-bond donors (Lipinski definition) is 2. The van der Waals surface area contributed by atoms with E-state index in [9.17, 15) is 4.79 Å². The van der Waals surface area contributed by atoms with E-state index in [2.05, 4.69) is 17.9 Å². The van der Waals surface area contributed by atoms with E-state index in [0.717, 1.165) is 16.0 Å². The predicted molar refractivity (Wildman–Crippen MR) is 73.0 cm³/mol. The number of anilines is 1. The summed E-state index contributed by atoms with van der Waals surface area (Å²) >= 11 is 4.33. The normalized spacial score (nSPS) is 11.2. The maximum absolute atomic E-state index is 11.6. The fourth-order valence-corrected chi connectivity index (χ4v) is 1.63. The number of thiol groups is 1. The summed E-state index contributed by atoms with van der Waals surface area (Å²) in [6.07, 6.45) is -0.462. The van der Waals surface area contributed by atoms with E-state index in [0.29, 0.717) is 5.69 Å². The minimum atomic E-state index is -0.499. The molecule has 1 N–H and O–H groups in total. The van der Waals surface area contributed by atoms with Crippen molar-refractivity contribution in [3.8, 4) is 0 Å². The summed E-state index contributed by atoms with van der Waals surface area (Å²) in [4.78, 5) is 12.3. The van der Waals surface area contributed by atoms with Gasteiger partial charge in [-0.05, 0) is 57.9 Å². The fourth-order valence-electron chi connectivity index (χ4n) is 1.31. The van der Waals surface area contributed by atoms with Crippen LogP contribution in [0.15, 0.2) is 17.0 Å². The van der Waals surface area contributed by atoms with Gasteiger partial charge in [-0.3, -0.25) is 5.32 Å². The van der Waals surface area contributed by atoms with Crippen LogP contribution < -0.4 is 5.32 Å². The number of ether oxygens (including phenoxy) is 1. The van der Waals surface area contributed by atoms with Gasteiger partial charge in [0.25, 0.3) is 0 Å². The highest BCUT2D eigenvalue weighted by Gasteiger charge is 2.17. The van der Waals surface area contributed by atoms with Crippen LogP contribution in [0.25, 0.3) is 0 Å². The SMILES string of the molecule is Cc1cc(S)c(NC(=O)OC(C)(C)C)cc1C. The van der Waals surface area contributed by atoms with Gasteiger partial charge in [-0.2, -0.15) is 0 Å². The number of hydrogen-bond acceptors (Lipinski definition) is 3. The van der Waals surface area contributed by atoms with Crippen molar-refractivity contribution in [3.63, 3.8) is 0 Å². The van der Waals surface area contributed by atoms with Crippen molar-refractivity contribution >= 4 is 24.4 Å². The van der Waals surface area contributed by atoms with Crippen LogP contribution >= 0.6 is 12.6 Å². The molecule has 0 aliphatic carbocycles. The van der Waals surface area contributed by atoms with E-state index in [1.807, 2.05) is 46.8 Å². The lowest BCUT2D eigenvalue weighted by molar-refractivity contribution is 0.0635. The first-order chi connectivity index (χ1) is 7.69. The molecule has 1 aromatic carbocycles. The van der Waals surface area contributed by atoms with Gasteiger partial charge in [0.15, 0.2) is 0 Å². The van der Waals surface area contributed by atoms with Gasteiger partial charge in [0.05, 0.1) is 5.69 Å². The lowest BCUT2D eigenvalue weighted by Crippen LogP contribution is -2.27. The molecule has 0 saturated carbocycles.